The molecule has 17 heavy (non-hydrogen) atoms. The molecule has 0 spiro atoms. The van der Waals surface area contributed by atoms with Crippen LogP contribution in [0, 0.1) is 5.92 Å². The minimum atomic E-state index is 1.29. The Morgan fingerprint density at radius 3 is 1.47 bits per heavy atom. The van der Waals surface area contributed by atoms with Crippen molar-refractivity contribution >= 4 is 0 Å². The molecule has 0 heteroatoms. The second kappa shape index (κ2) is 8.55. The largest absolute Gasteiger partial charge is 0.0654 e. The third-order valence-electron chi connectivity index (χ3n) is 3.64. The van der Waals surface area contributed by atoms with E-state index in [0.29, 0.717) is 0 Å². The van der Waals surface area contributed by atoms with Crippen molar-refractivity contribution in [3.8, 4) is 0 Å². The molecule has 0 N–H and O–H groups in total. The normalized spacial score (nSPS) is 16.2. The second-order valence-electron chi connectivity index (χ2n) is 5.17. The van der Waals surface area contributed by atoms with Crippen molar-refractivity contribution in [3.63, 3.8) is 0 Å². The molecule has 0 saturated heterocycles. The topological polar surface area (TPSA) is 0 Å². The molecule has 97 valence electrons. The van der Waals surface area contributed by atoms with E-state index in [0.717, 1.165) is 0 Å². The molecule has 0 heterocycles. The third-order valence-corrected chi connectivity index (χ3v) is 3.64. The summed E-state index contributed by atoms with van der Waals surface area (Å²) >= 11 is 0. The van der Waals surface area contributed by atoms with Gasteiger partial charge in [0.05, 0.1) is 0 Å². The van der Waals surface area contributed by atoms with Crippen molar-refractivity contribution in [3.05, 3.63) is 29.2 Å². The SMILES string of the molecule is CCCC[C]1C(CCCC)=CC=C1CCCC. The Balaban J connectivity index is 2.50. The molecule has 1 rings (SSSR count). The molecule has 0 aromatic rings. The van der Waals surface area contributed by atoms with Crippen LogP contribution in [0.1, 0.15) is 78.6 Å². The lowest BCUT2D eigenvalue weighted by molar-refractivity contribution is 0.692. The van der Waals surface area contributed by atoms with Crippen LogP contribution in [-0.2, 0) is 0 Å². The molecule has 0 atom stereocenters. The van der Waals surface area contributed by atoms with E-state index in [1.165, 1.54) is 57.8 Å². The lowest BCUT2D eigenvalue weighted by Crippen LogP contribution is -2.02. The molecular weight excluding hydrogens is 204 g/mol. The summed E-state index contributed by atoms with van der Waals surface area (Å²) in [5.74, 6) is 1.70. The lowest BCUT2D eigenvalue weighted by atomic mass is 9.86. The first-order chi connectivity index (χ1) is 8.33. The summed E-state index contributed by atoms with van der Waals surface area (Å²) in [7, 11) is 0. The zero-order valence-electron chi connectivity index (χ0n) is 12.0. The van der Waals surface area contributed by atoms with Crippen LogP contribution < -0.4 is 0 Å². The second-order valence-corrected chi connectivity index (χ2v) is 5.17. The van der Waals surface area contributed by atoms with Gasteiger partial charge in [-0.2, -0.15) is 0 Å². The average Bonchev–Trinajstić information content (AvgIpc) is 2.73. The van der Waals surface area contributed by atoms with E-state index in [2.05, 4.69) is 32.9 Å². The first-order valence-corrected chi connectivity index (χ1v) is 7.59. The summed E-state index contributed by atoms with van der Waals surface area (Å²) in [6.45, 7) is 6.86. The first-order valence-electron chi connectivity index (χ1n) is 7.59. The predicted octanol–water partition coefficient (Wildman–Crippen LogP) is 6.00. The molecular formula is C17H29. The van der Waals surface area contributed by atoms with Crippen LogP contribution in [0.4, 0.5) is 0 Å². The van der Waals surface area contributed by atoms with Crippen molar-refractivity contribution in [2.45, 2.75) is 78.6 Å². The summed E-state index contributed by atoms with van der Waals surface area (Å²) in [4.78, 5) is 0. The van der Waals surface area contributed by atoms with Crippen LogP contribution in [0.15, 0.2) is 23.3 Å². The standard InChI is InChI=1S/C17H29/c1-4-7-10-15-13-14-16(11-8-5-2)17(15)12-9-6-3/h13-14H,4-12H2,1-3H3. The van der Waals surface area contributed by atoms with Gasteiger partial charge >= 0.3 is 0 Å². The molecule has 0 saturated carbocycles. The van der Waals surface area contributed by atoms with Crippen LogP contribution in [0.2, 0.25) is 0 Å². The van der Waals surface area contributed by atoms with Gasteiger partial charge in [0.2, 0.25) is 0 Å². The Bertz CT molecular complexity index is 233. The Hall–Kier alpha value is -0.520. The molecule has 0 unspecified atom stereocenters. The highest BCUT2D eigenvalue weighted by molar-refractivity contribution is 5.49. The fourth-order valence-electron chi connectivity index (χ4n) is 2.49. The van der Waals surface area contributed by atoms with Gasteiger partial charge in [-0.05, 0) is 32.1 Å². The number of unbranched alkanes of at least 4 members (excludes halogenated alkanes) is 3. The van der Waals surface area contributed by atoms with Crippen LogP contribution in [-0.4, -0.2) is 0 Å². The summed E-state index contributed by atoms with van der Waals surface area (Å²) in [6, 6.07) is 0. The van der Waals surface area contributed by atoms with Gasteiger partial charge < -0.3 is 0 Å². The number of hydrogen-bond acceptors (Lipinski definition) is 0. The van der Waals surface area contributed by atoms with Gasteiger partial charge in [-0.15, -0.1) is 0 Å². The van der Waals surface area contributed by atoms with E-state index in [1.807, 2.05) is 0 Å². The zero-order valence-corrected chi connectivity index (χ0v) is 12.0. The van der Waals surface area contributed by atoms with Crippen molar-refractivity contribution < 1.29 is 0 Å². The predicted molar refractivity (Wildman–Crippen MR) is 78.0 cm³/mol. The fourth-order valence-corrected chi connectivity index (χ4v) is 2.49. The van der Waals surface area contributed by atoms with Gasteiger partial charge in [-0.1, -0.05) is 69.8 Å². The van der Waals surface area contributed by atoms with Crippen LogP contribution in [0.5, 0.6) is 0 Å². The van der Waals surface area contributed by atoms with E-state index in [4.69, 9.17) is 0 Å². The summed E-state index contributed by atoms with van der Waals surface area (Å²) in [6.07, 6.45) is 16.6. The Kier molecular flexibility index (Phi) is 7.32. The van der Waals surface area contributed by atoms with Gasteiger partial charge in [0.25, 0.3) is 0 Å². The molecule has 0 amide bonds. The first kappa shape index (κ1) is 14.5. The Morgan fingerprint density at radius 2 is 1.06 bits per heavy atom. The van der Waals surface area contributed by atoms with E-state index < -0.39 is 0 Å². The molecule has 0 aliphatic heterocycles. The molecule has 1 radical (unpaired) electrons. The molecule has 0 aromatic carbocycles. The maximum absolute atomic E-state index is 2.39. The zero-order chi connectivity index (χ0) is 12.5. The Labute approximate surface area is 108 Å². The molecule has 0 nitrogen and oxygen atoms in total. The highest BCUT2D eigenvalue weighted by Gasteiger charge is 2.22. The fraction of sp³-hybridized carbons (Fsp3) is 0.706. The van der Waals surface area contributed by atoms with E-state index in [-0.39, 0.29) is 0 Å². The van der Waals surface area contributed by atoms with Gasteiger partial charge in [-0.3, -0.25) is 0 Å². The molecule has 1 aliphatic rings. The Morgan fingerprint density at radius 1 is 0.647 bits per heavy atom. The molecule has 0 fully saturated rings. The molecule has 0 aromatic heterocycles. The molecule has 1 aliphatic carbocycles. The van der Waals surface area contributed by atoms with Crippen molar-refractivity contribution in [2.24, 2.45) is 0 Å². The minimum Gasteiger partial charge on any atom is -0.0654 e. The van der Waals surface area contributed by atoms with Gasteiger partial charge in [0, 0.05) is 5.92 Å². The number of hydrogen-bond donors (Lipinski definition) is 0. The van der Waals surface area contributed by atoms with Crippen LogP contribution in [0.3, 0.4) is 0 Å². The van der Waals surface area contributed by atoms with Crippen molar-refractivity contribution in [1.29, 1.82) is 0 Å². The van der Waals surface area contributed by atoms with Crippen molar-refractivity contribution in [2.75, 3.05) is 0 Å². The smallest absolute Gasteiger partial charge is 0.0257 e. The number of allylic oxidation sites excluding steroid dienone is 4. The summed E-state index contributed by atoms with van der Waals surface area (Å²) in [5.41, 5.74) is 3.29. The van der Waals surface area contributed by atoms with E-state index >= 15 is 0 Å². The van der Waals surface area contributed by atoms with Gasteiger partial charge in [-0.25, -0.2) is 0 Å². The molecule has 0 bridgehead atoms. The summed E-state index contributed by atoms with van der Waals surface area (Å²) in [5, 5.41) is 0. The lowest BCUT2D eigenvalue weighted by Gasteiger charge is -2.18. The minimum absolute atomic E-state index is 1.29. The van der Waals surface area contributed by atoms with E-state index in [1.54, 1.807) is 17.1 Å². The highest BCUT2D eigenvalue weighted by Crippen LogP contribution is 2.38. The third kappa shape index (κ3) is 4.69. The maximum Gasteiger partial charge on any atom is 0.0257 e. The van der Waals surface area contributed by atoms with Crippen molar-refractivity contribution in [1.82, 2.24) is 0 Å². The number of rotatable bonds is 9. The van der Waals surface area contributed by atoms with E-state index in [9.17, 15) is 0 Å². The quantitative estimate of drug-likeness (QED) is 0.458. The van der Waals surface area contributed by atoms with Gasteiger partial charge in [0.1, 0.15) is 0 Å². The summed E-state index contributed by atoms with van der Waals surface area (Å²) < 4.78 is 0. The highest BCUT2D eigenvalue weighted by atomic mass is 14.3. The monoisotopic (exact) mass is 233 g/mol. The average molecular weight is 233 g/mol. The van der Waals surface area contributed by atoms with Crippen LogP contribution in [0.25, 0.3) is 0 Å². The van der Waals surface area contributed by atoms with Crippen LogP contribution >= 0.6 is 0 Å². The maximum atomic E-state index is 2.39. The van der Waals surface area contributed by atoms with Gasteiger partial charge in [0.15, 0.2) is 0 Å².